The first-order valence-corrected chi connectivity index (χ1v) is 8.00. The summed E-state index contributed by atoms with van der Waals surface area (Å²) >= 11 is 3.57. The molecule has 7 heteroatoms. The maximum absolute atomic E-state index is 11.1. The number of hydrogen-bond donors (Lipinski definition) is 4. The number of amides is 1. The van der Waals surface area contributed by atoms with Crippen LogP contribution >= 0.6 is 15.9 Å². The van der Waals surface area contributed by atoms with Gasteiger partial charge >= 0.3 is 6.09 Å². The molecule has 0 fully saturated rings. The number of carbonyl (C=O) groups is 1. The van der Waals surface area contributed by atoms with E-state index in [0.717, 1.165) is 32.2 Å². The fourth-order valence-corrected chi connectivity index (χ4v) is 3.21. The quantitative estimate of drug-likeness (QED) is 0.503. The third kappa shape index (κ3) is 3.03. The van der Waals surface area contributed by atoms with Gasteiger partial charge in [-0.25, -0.2) is 10.2 Å². The van der Waals surface area contributed by atoms with Crippen LogP contribution in [0.5, 0.6) is 5.75 Å². The van der Waals surface area contributed by atoms with Crippen molar-refractivity contribution in [2.45, 2.75) is 6.92 Å². The maximum Gasteiger partial charge on any atom is 0.425 e. The Morgan fingerprint density at radius 2 is 2.04 bits per heavy atom. The zero-order valence-corrected chi connectivity index (χ0v) is 14.7. The average molecular weight is 390 g/mol. The fourth-order valence-electron chi connectivity index (χ4n) is 2.63. The maximum atomic E-state index is 11.1. The number of halogens is 1. The molecule has 24 heavy (non-hydrogen) atoms. The minimum Gasteiger partial charge on any atom is -0.508 e. The van der Waals surface area contributed by atoms with Crippen LogP contribution in [0.15, 0.2) is 40.9 Å². The highest BCUT2D eigenvalue weighted by atomic mass is 79.9. The van der Waals surface area contributed by atoms with E-state index in [1.54, 1.807) is 12.1 Å². The van der Waals surface area contributed by atoms with Gasteiger partial charge in [0.2, 0.25) is 0 Å². The van der Waals surface area contributed by atoms with Crippen molar-refractivity contribution in [1.29, 1.82) is 0 Å². The number of hydrazine groups is 1. The molecule has 0 bridgehead atoms. The van der Waals surface area contributed by atoms with Gasteiger partial charge in [0.15, 0.2) is 0 Å². The summed E-state index contributed by atoms with van der Waals surface area (Å²) < 4.78 is 5.36. The molecule has 4 N–H and O–H groups in total. The molecule has 0 spiro atoms. The lowest BCUT2D eigenvalue weighted by Crippen LogP contribution is -2.28. The zero-order valence-electron chi connectivity index (χ0n) is 13.1. The first-order valence-electron chi connectivity index (χ1n) is 7.21. The number of benzene rings is 2. The molecule has 0 aliphatic heterocycles. The molecule has 0 aliphatic rings. The Kier molecular flexibility index (Phi) is 4.35. The minimum absolute atomic E-state index is 0.222. The van der Waals surface area contributed by atoms with Gasteiger partial charge in [-0.2, -0.15) is 0 Å². The smallest absolute Gasteiger partial charge is 0.425 e. The lowest BCUT2D eigenvalue weighted by atomic mass is 10.0. The van der Waals surface area contributed by atoms with Crippen LogP contribution in [0, 0.1) is 6.92 Å². The molecule has 0 atom stereocenters. The Bertz CT molecular complexity index is 921. The van der Waals surface area contributed by atoms with Crippen molar-refractivity contribution in [3.63, 3.8) is 0 Å². The molecule has 0 saturated carbocycles. The predicted molar refractivity (Wildman–Crippen MR) is 97.0 cm³/mol. The highest BCUT2D eigenvalue weighted by Gasteiger charge is 2.14. The Morgan fingerprint density at radius 3 is 2.75 bits per heavy atom. The van der Waals surface area contributed by atoms with Crippen molar-refractivity contribution >= 4 is 38.6 Å². The molecule has 3 rings (SSSR count). The van der Waals surface area contributed by atoms with Crippen LogP contribution < -0.4 is 10.9 Å². The number of methoxy groups -OCH3 is 1. The second-order valence-electron chi connectivity index (χ2n) is 5.29. The van der Waals surface area contributed by atoms with E-state index >= 15 is 0 Å². The van der Waals surface area contributed by atoms with Gasteiger partial charge in [-0.1, -0.05) is 22.0 Å². The molecule has 0 radical (unpaired) electrons. The summed E-state index contributed by atoms with van der Waals surface area (Å²) in [7, 11) is 1.30. The standard InChI is InChI=1S/C17H16BrN3O3/c1-9-16(13-8-11(22)4-6-15(13)19-9)12-5-3-10(7-14(12)18)20-21-17(23)24-2/h3-8,19-20,22H,1-2H3,(H,21,23). The number of aromatic nitrogens is 1. The van der Waals surface area contributed by atoms with E-state index in [1.807, 2.05) is 31.2 Å². The van der Waals surface area contributed by atoms with Gasteiger partial charge in [-0.3, -0.25) is 5.43 Å². The number of aryl methyl sites for hydroxylation is 1. The predicted octanol–water partition coefficient (Wildman–Crippen LogP) is 4.29. The highest BCUT2D eigenvalue weighted by Crippen LogP contribution is 2.38. The topological polar surface area (TPSA) is 86.4 Å². The average Bonchev–Trinajstić information content (AvgIpc) is 2.88. The summed E-state index contributed by atoms with van der Waals surface area (Å²) in [6, 6.07) is 10.9. The summed E-state index contributed by atoms with van der Waals surface area (Å²) in [6.45, 7) is 1.99. The molecule has 2 aromatic carbocycles. The second kappa shape index (κ2) is 6.45. The molecule has 1 aromatic heterocycles. The lowest BCUT2D eigenvalue weighted by Gasteiger charge is -2.11. The number of aromatic amines is 1. The molecule has 0 saturated heterocycles. The first-order chi connectivity index (χ1) is 11.5. The van der Waals surface area contributed by atoms with Gasteiger partial charge in [-0.15, -0.1) is 0 Å². The number of rotatable bonds is 3. The number of hydrogen-bond acceptors (Lipinski definition) is 4. The fraction of sp³-hybridized carbons (Fsp3) is 0.118. The number of ether oxygens (including phenoxy) is 1. The summed E-state index contributed by atoms with van der Waals surface area (Å²) in [6.07, 6.45) is -0.571. The Balaban J connectivity index is 2.00. The molecular weight excluding hydrogens is 374 g/mol. The molecule has 1 heterocycles. The van der Waals surface area contributed by atoms with E-state index in [0.29, 0.717) is 5.69 Å². The van der Waals surface area contributed by atoms with Gasteiger partial charge in [0.05, 0.1) is 12.8 Å². The van der Waals surface area contributed by atoms with Crippen LogP contribution in [0.2, 0.25) is 0 Å². The Morgan fingerprint density at radius 1 is 1.25 bits per heavy atom. The highest BCUT2D eigenvalue weighted by molar-refractivity contribution is 9.10. The van der Waals surface area contributed by atoms with Crippen LogP contribution in [0.4, 0.5) is 10.5 Å². The van der Waals surface area contributed by atoms with E-state index in [-0.39, 0.29) is 5.75 Å². The van der Waals surface area contributed by atoms with Crippen LogP contribution in [0.1, 0.15) is 5.69 Å². The molecule has 124 valence electrons. The monoisotopic (exact) mass is 389 g/mol. The van der Waals surface area contributed by atoms with Gasteiger partial charge in [0.1, 0.15) is 5.75 Å². The zero-order chi connectivity index (χ0) is 17.3. The van der Waals surface area contributed by atoms with Crippen molar-refractivity contribution in [1.82, 2.24) is 10.4 Å². The normalized spacial score (nSPS) is 10.6. The van der Waals surface area contributed by atoms with Crippen molar-refractivity contribution in [3.8, 4) is 16.9 Å². The number of carbonyl (C=O) groups excluding carboxylic acids is 1. The van der Waals surface area contributed by atoms with Crippen molar-refractivity contribution in [2.24, 2.45) is 0 Å². The van der Waals surface area contributed by atoms with E-state index in [2.05, 4.69) is 36.5 Å². The van der Waals surface area contributed by atoms with Gasteiger partial charge < -0.3 is 14.8 Å². The van der Waals surface area contributed by atoms with Crippen molar-refractivity contribution in [3.05, 3.63) is 46.6 Å². The molecule has 0 unspecified atom stereocenters. The van der Waals surface area contributed by atoms with Crippen LogP contribution in [0.25, 0.3) is 22.0 Å². The van der Waals surface area contributed by atoms with Crippen molar-refractivity contribution < 1.29 is 14.6 Å². The van der Waals surface area contributed by atoms with Gasteiger partial charge in [0.25, 0.3) is 0 Å². The third-order valence-electron chi connectivity index (χ3n) is 3.70. The Hall–Kier alpha value is -2.67. The van der Waals surface area contributed by atoms with Crippen molar-refractivity contribution in [2.75, 3.05) is 12.5 Å². The van der Waals surface area contributed by atoms with Crippen LogP contribution in [-0.4, -0.2) is 23.3 Å². The summed E-state index contributed by atoms with van der Waals surface area (Å²) in [5.41, 5.74) is 9.84. The summed E-state index contributed by atoms with van der Waals surface area (Å²) in [5, 5.41) is 10.7. The second-order valence-corrected chi connectivity index (χ2v) is 6.15. The van der Waals surface area contributed by atoms with E-state index < -0.39 is 6.09 Å². The van der Waals surface area contributed by atoms with Crippen LogP contribution in [0.3, 0.4) is 0 Å². The van der Waals surface area contributed by atoms with E-state index in [4.69, 9.17) is 0 Å². The number of phenolic OH excluding ortho intramolecular Hbond substituents is 1. The lowest BCUT2D eigenvalue weighted by molar-refractivity contribution is 0.173. The Labute approximate surface area is 146 Å². The van der Waals surface area contributed by atoms with E-state index in [9.17, 15) is 9.90 Å². The molecular formula is C17H16BrN3O3. The van der Waals surface area contributed by atoms with Crippen LogP contribution in [-0.2, 0) is 4.74 Å². The molecule has 3 aromatic rings. The molecule has 0 aliphatic carbocycles. The number of fused-ring (bicyclic) bond motifs is 1. The SMILES string of the molecule is COC(=O)NNc1ccc(-c2c(C)[nH]c3ccc(O)cc23)c(Br)c1. The number of anilines is 1. The number of nitrogens with one attached hydrogen (secondary N) is 3. The molecule has 1 amide bonds. The molecule has 6 nitrogen and oxygen atoms in total. The number of phenols is 1. The van der Waals surface area contributed by atoms with E-state index in [1.165, 1.54) is 7.11 Å². The summed E-state index contributed by atoms with van der Waals surface area (Å²) in [4.78, 5) is 14.4. The number of aromatic hydroxyl groups is 1. The minimum atomic E-state index is -0.571. The van der Waals surface area contributed by atoms with Gasteiger partial charge in [0, 0.05) is 26.6 Å². The summed E-state index contributed by atoms with van der Waals surface area (Å²) in [5.74, 6) is 0.222. The third-order valence-corrected chi connectivity index (χ3v) is 4.36. The first kappa shape index (κ1) is 16.2. The van der Waals surface area contributed by atoms with Gasteiger partial charge in [-0.05, 0) is 42.8 Å². The largest absolute Gasteiger partial charge is 0.508 e. The number of H-pyrrole nitrogens is 1.